The van der Waals surface area contributed by atoms with Gasteiger partial charge in [-0.15, -0.1) is 0 Å². The summed E-state index contributed by atoms with van der Waals surface area (Å²) in [6.45, 7) is 1.94. The second-order valence-electron chi connectivity index (χ2n) is 11.6. The number of anilines is 1. The number of rotatable bonds is 6. The Morgan fingerprint density at radius 2 is 1.47 bits per heavy atom. The van der Waals surface area contributed by atoms with E-state index in [1.807, 2.05) is 37.3 Å². The standard InChI is InChI=1S/C36H35Cl2N5O4/c1-22-7-2-3-9-25(22)18-32-36(47)43-31(17-24-8-6-14-39-21-24)35(46)40-27(15-23-12-13-28(37)29(38)16-23)20-34(45)41-30-11-5-4-10-26(30)19-33(44)42-32/h2-14,16,21,27,31-32H,15,17-20H2,1H3,(H,40,46)(H,41,45)(H,42,44)(H,43,47)/t27-,31-,32-/m0/s1. The van der Waals surface area contributed by atoms with Crippen molar-refractivity contribution in [3.8, 4) is 0 Å². The summed E-state index contributed by atoms with van der Waals surface area (Å²) in [5, 5.41) is 12.4. The number of benzene rings is 3. The Balaban J connectivity index is 1.51. The van der Waals surface area contributed by atoms with Gasteiger partial charge in [0, 0.05) is 43.4 Å². The summed E-state index contributed by atoms with van der Waals surface area (Å²) >= 11 is 12.4. The fourth-order valence-electron chi connectivity index (χ4n) is 5.57. The zero-order valence-corrected chi connectivity index (χ0v) is 27.3. The molecule has 4 N–H and O–H groups in total. The van der Waals surface area contributed by atoms with E-state index >= 15 is 0 Å². The van der Waals surface area contributed by atoms with E-state index in [2.05, 4.69) is 26.3 Å². The van der Waals surface area contributed by atoms with Crippen LogP contribution in [-0.4, -0.2) is 46.7 Å². The minimum atomic E-state index is -1.04. The van der Waals surface area contributed by atoms with Crippen LogP contribution in [0, 0.1) is 6.92 Å². The number of hydrogen-bond acceptors (Lipinski definition) is 5. The molecule has 0 radical (unpaired) electrons. The highest BCUT2D eigenvalue weighted by atomic mass is 35.5. The number of aryl methyl sites for hydroxylation is 1. The highest BCUT2D eigenvalue weighted by Crippen LogP contribution is 2.24. The summed E-state index contributed by atoms with van der Waals surface area (Å²) < 4.78 is 0. The van der Waals surface area contributed by atoms with Crippen molar-refractivity contribution in [2.24, 2.45) is 0 Å². The van der Waals surface area contributed by atoms with E-state index in [-0.39, 0.29) is 38.0 Å². The Kier molecular flexibility index (Phi) is 11.2. The smallest absolute Gasteiger partial charge is 0.243 e. The van der Waals surface area contributed by atoms with Gasteiger partial charge in [-0.2, -0.15) is 0 Å². The highest BCUT2D eigenvalue weighted by Gasteiger charge is 2.30. The van der Waals surface area contributed by atoms with Crippen molar-refractivity contribution in [3.63, 3.8) is 0 Å². The molecule has 2 heterocycles. The lowest BCUT2D eigenvalue weighted by atomic mass is 9.99. The highest BCUT2D eigenvalue weighted by molar-refractivity contribution is 6.42. The first-order valence-electron chi connectivity index (χ1n) is 15.3. The third kappa shape index (κ3) is 9.40. The maximum atomic E-state index is 14.0. The lowest BCUT2D eigenvalue weighted by Gasteiger charge is -2.26. The normalized spacial score (nSPS) is 19.3. The van der Waals surface area contributed by atoms with Crippen LogP contribution in [0.5, 0.6) is 0 Å². The van der Waals surface area contributed by atoms with Gasteiger partial charge < -0.3 is 21.3 Å². The van der Waals surface area contributed by atoms with Crippen molar-refractivity contribution in [3.05, 3.63) is 129 Å². The van der Waals surface area contributed by atoms with Gasteiger partial charge >= 0.3 is 0 Å². The third-order valence-electron chi connectivity index (χ3n) is 8.02. The summed E-state index contributed by atoms with van der Waals surface area (Å²) in [6, 6.07) is 20.6. The second-order valence-corrected chi connectivity index (χ2v) is 12.4. The van der Waals surface area contributed by atoms with Gasteiger partial charge in [-0.1, -0.05) is 77.8 Å². The summed E-state index contributed by atoms with van der Waals surface area (Å²) in [6.07, 6.45) is 3.70. The molecule has 3 aromatic carbocycles. The molecule has 0 spiro atoms. The monoisotopic (exact) mass is 671 g/mol. The molecule has 5 rings (SSSR count). The minimum absolute atomic E-state index is 0.0724. The molecule has 0 saturated heterocycles. The van der Waals surface area contributed by atoms with Gasteiger partial charge in [0.1, 0.15) is 12.1 Å². The van der Waals surface area contributed by atoms with Crippen molar-refractivity contribution in [2.45, 2.75) is 57.2 Å². The van der Waals surface area contributed by atoms with Gasteiger partial charge in [-0.25, -0.2) is 0 Å². The Labute approximate surface area is 283 Å². The molecule has 4 amide bonds. The van der Waals surface area contributed by atoms with E-state index in [9.17, 15) is 19.2 Å². The largest absolute Gasteiger partial charge is 0.351 e. The topological polar surface area (TPSA) is 129 Å². The average Bonchev–Trinajstić information content (AvgIpc) is 3.04. The van der Waals surface area contributed by atoms with E-state index in [4.69, 9.17) is 23.2 Å². The first kappa shape index (κ1) is 33.6. The lowest BCUT2D eigenvalue weighted by molar-refractivity contribution is -0.132. The number of pyridine rings is 1. The number of halogens is 2. The molecular formula is C36H35Cl2N5O4. The molecular weight excluding hydrogens is 637 g/mol. The lowest BCUT2D eigenvalue weighted by Crippen LogP contribution is -2.56. The summed E-state index contributed by atoms with van der Waals surface area (Å²) in [5.41, 5.74) is 4.39. The van der Waals surface area contributed by atoms with Crippen LogP contribution in [0.4, 0.5) is 5.69 Å². The predicted molar refractivity (Wildman–Crippen MR) is 182 cm³/mol. The first-order valence-corrected chi connectivity index (χ1v) is 16.1. The molecule has 11 heteroatoms. The molecule has 0 fully saturated rings. The van der Waals surface area contributed by atoms with Gasteiger partial charge in [0.05, 0.1) is 16.5 Å². The van der Waals surface area contributed by atoms with Crippen LogP contribution in [0.1, 0.15) is 34.2 Å². The maximum Gasteiger partial charge on any atom is 0.243 e. The molecule has 0 aliphatic carbocycles. The van der Waals surface area contributed by atoms with Crippen molar-refractivity contribution >= 4 is 52.5 Å². The number of nitrogens with zero attached hydrogens (tertiary/aromatic N) is 1. The average molecular weight is 673 g/mol. The number of aromatic nitrogens is 1. The fraction of sp³-hybridized carbons (Fsp3) is 0.250. The molecule has 0 unspecified atom stereocenters. The molecule has 1 aliphatic rings. The van der Waals surface area contributed by atoms with Crippen LogP contribution in [0.15, 0.2) is 91.3 Å². The number of amides is 4. The molecule has 1 aromatic heterocycles. The molecule has 242 valence electrons. The van der Waals surface area contributed by atoms with Crippen molar-refractivity contribution in [1.82, 2.24) is 20.9 Å². The Morgan fingerprint density at radius 3 is 2.23 bits per heavy atom. The number of para-hydroxylation sites is 1. The van der Waals surface area contributed by atoms with E-state index in [0.717, 1.165) is 22.3 Å². The fourth-order valence-corrected chi connectivity index (χ4v) is 5.89. The van der Waals surface area contributed by atoms with E-state index in [1.165, 1.54) is 0 Å². The Morgan fingerprint density at radius 1 is 0.723 bits per heavy atom. The molecule has 1 aliphatic heterocycles. The first-order chi connectivity index (χ1) is 22.6. The van der Waals surface area contributed by atoms with Crippen molar-refractivity contribution in [2.75, 3.05) is 5.32 Å². The van der Waals surface area contributed by atoms with Crippen LogP contribution in [0.2, 0.25) is 10.0 Å². The van der Waals surface area contributed by atoms with Gasteiger partial charge in [-0.05, 0) is 65.4 Å². The molecule has 47 heavy (non-hydrogen) atoms. The van der Waals surface area contributed by atoms with Crippen LogP contribution in [0.3, 0.4) is 0 Å². The number of carbonyl (C=O) groups is 4. The number of hydrogen-bond donors (Lipinski definition) is 4. The molecule has 0 bridgehead atoms. The van der Waals surface area contributed by atoms with Crippen molar-refractivity contribution < 1.29 is 19.2 Å². The van der Waals surface area contributed by atoms with Crippen LogP contribution >= 0.6 is 23.2 Å². The number of nitrogens with one attached hydrogen (secondary N) is 4. The maximum absolute atomic E-state index is 14.0. The van der Waals surface area contributed by atoms with Gasteiger partial charge in [-0.3, -0.25) is 24.2 Å². The van der Waals surface area contributed by atoms with Gasteiger partial charge in [0.25, 0.3) is 0 Å². The van der Waals surface area contributed by atoms with Crippen LogP contribution in [-0.2, 0) is 44.9 Å². The minimum Gasteiger partial charge on any atom is -0.351 e. The Bertz CT molecular complexity index is 1770. The predicted octanol–water partition coefficient (Wildman–Crippen LogP) is 4.76. The van der Waals surface area contributed by atoms with E-state index in [0.29, 0.717) is 21.3 Å². The molecule has 0 saturated carbocycles. The summed E-state index contributed by atoms with van der Waals surface area (Å²) in [5.74, 6) is -1.76. The van der Waals surface area contributed by atoms with Crippen LogP contribution in [0.25, 0.3) is 0 Å². The zero-order chi connectivity index (χ0) is 33.3. The molecule has 9 nitrogen and oxygen atoms in total. The van der Waals surface area contributed by atoms with Crippen LogP contribution < -0.4 is 21.3 Å². The van der Waals surface area contributed by atoms with Crippen molar-refractivity contribution in [1.29, 1.82) is 0 Å². The van der Waals surface area contributed by atoms with Gasteiger partial charge in [0.15, 0.2) is 0 Å². The summed E-state index contributed by atoms with van der Waals surface area (Å²) in [4.78, 5) is 59.0. The second kappa shape index (κ2) is 15.7. The number of carbonyl (C=O) groups excluding carboxylic acids is 4. The molecule has 3 atom stereocenters. The van der Waals surface area contributed by atoms with Gasteiger partial charge in [0.2, 0.25) is 23.6 Å². The Hall–Kier alpha value is -4.73. The zero-order valence-electron chi connectivity index (χ0n) is 25.8. The third-order valence-corrected chi connectivity index (χ3v) is 8.76. The SMILES string of the molecule is Cc1ccccc1C[C@@H]1NC(=O)Cc2ccccc2NC(=O)C[C@H](Cc2ccc(Cl)c(Cl)c2)NC(=O)[C@H](Cc2cccnc2)NC1=O. The number of fused-ring (bicyclic) bond motifs is 1. The summed E-state index contributed by atoms with van der Waals surface area (Å²) in [7, 11) is 0. The van der Waals surface area contributed by atoms with E-state index in [1.54, 1.807) is 60.9 Å². The molecule has 4 aromatic rings. The quantitative estimate of drug-likeness (QED) is 0.235. The van der Waals surface area contributed by atoms with E-state index < -0.39 is 35.8 Å².